The Balaban J connectivity index is 0.00000220. The topological polar surface area (TPSA) is 53.6 Å². The fourth-order valence-corrected chi connectivity index (χ4v) is 3.56. The summed E-state index contributed by atoms with van der Waals surface area (Å²) in [4.78, 5) is 7.08. The van der Waals surface area contributed by atoms with Gasteiger partial charge in [-0.2, -0.15) is 0 Å². The summed E-state index contributed by atoms with van der Waals surface area (Å²) in [5, 5.41) is 3.32. The number of likely N-dealkylation sites (N-methyl/N-ethyl adjacent to an activating group) is 1. The van der Waals surface area contributed by atoms with Crippen LogP contribution in [0, 0.1) is 11.8 Å². The fraction of sp³-hybridized carbons (Fsp3) is 0.938. The molecule has 2 aliphatic rings. The van der Waals surface area contributed by atoms with Crippen molar-refractivity contribution in [2.45, 2.75) is 58.4 Å². The minimum Gasteiger partial charge on any atom is -0.370 e. The van der Waals surface area contributed by atoms with E-state index in [0.29, 0.717) is 12.0 Å². The number of aliphatic imine (C=N–C) groups is 1. The van der Waals surface area contributed by atoms with Gasteiger partial charge in [0.1, 0.15) is 0 Å². The Morgan fingerprint density at radius 1 is 1.24 bits per heavy atom. The van der Waals surface area contributed by atoms with Crippen molar-refractivity contribution in [2.75, 3.05) is 26.2 Å². The number of rotatable bonds is 5. The number of nitrogens with one attached hydrogen (secondary N) is 1. The molecule has 3 N–H and O–H groups in total. The molecule has 4 nitrogen and oxygen atoms in total. The van der Waals surface area contributed by atoms with Gasteiger partial charge in [0.15, 0.2) is 5.96 Å². The van der Waals surface area contributed by atoms with Gasteiger partial charge in [-0.05, 0) is 50.6 Å². The van der Waals surface area contributed by atoms with Gasteiger partial charge in [0, 0.05) is 19.1 Å². The van der Waals surface area contributed by atoms with Gasteiger partial charge in [-0.3, -0.25) is 9.89 Å². The number of guanidine groups is 1. The molecule has 0 radical (unpaired) electrons. The molecule has 1 unspecified atom stereocenters. The summed E-state index contributed by atoms with van der Waals surface area (Å²) in [6.45, 7) is 8.83. The largest absolute Gasteiger partial charge is 0.370 e. The van der Waals surface area contributed by atoms with Crippen LogP contribution in [0.15, 0.2) is 4.99 Å². The Labute approximate surface area is 147 Å². The van der Waals surface area contributed by atoms with Crippen LogP contribution in [0.25, 0.3) is 0 Å². The van der Waals surface area contributed by atoms with Gasteiger partial charge in [-0.25, -0.2) is 0 Å². The Bertz CT molecular complexity index is 313. The average Bonchev–Trinajstić information content (AvgIpc) is 2.92. The Kier molecular flexibility index (Phi) is 8.94. The molecule has 0 aromatic heterocycles. The first-order chi connectivity index (χ1) is 9.69. The number of nitrogens with two attached hydrogens (primary N) is 1. The Hall–Kier alpha value is -0.0400. The average molecular weight is 408 g/mol. The van der Waals surface area contributed by atoms with Crippen LogP contribution in [-0.4, -0.2) is 43.1 Å². The molecule has 1 saturated carbocycles. The molecular formula is C16H33IN4. The quantitative estimate of drug-likeness (QED) is 0.418. The van der Waals surface area contributed by atoms with Crippen molar-refractivity contribution >= 4 is 29.9 Å². The zero-order valence-corrected chi connectivity index (χ0v) is 16.0. The van der Waals surface area contributed by atoms with Gasteiger partial charge < -0.3 is 11.1 Å². The summed E-state index contributed by atoms with van der Waals surface area (Å²) in [7, 11) is 0. The van der Waals surface area contributed by atoms with E-state index in [1.807, 2.05) is 0 Å². The van der Waals surface area contributed by atoms with Gasteiger partial charge in [0.05, 0.1) is 0 Å². The molecule has 124 valence electrons. The minimum atomic E-state index is 0. The van der Waals surface area contributed by atoms with E-state index < -0.39 is 0 Å². The molecule has 0 amide bonds. The van der Waals surface area contributed by atoms with E-state index in [-0.39, 0.29) is 24.0 Å². The lowest BCUT2D eigenvalue weighted by atomic mass is 9.83. The van der Waals surface area contributed by atoms with Gasteiger partial charge in [0.2, 0.25) is 0 Å². The van der Waals surface area contributed by atoms with Crippen molar-refractivity contribution < 1.29 is 0 Å². The molecular weight excluding hydrogens is 375 g/mol. The molecule has 5 heteroatoms. The monoisotopic (exact) mass is 408 g/mol. The van der Waals surface area contributed by atoms with Gasteiger partial charge in [0.25, 0.3) is 0 Å². The smallest absolute Gasteiger partial charge is 0.188 e. The van der Waals surface area contributed by atoms with Crippen LogP contribution in [0.4, 0.5) is 0 Å². The van der Waals surface area contributed by atoms with Crippen LogP contribution in [0.5, 0.6) is 0 Å². The highest BCUT2D eigenvalue weighted by atomic mass is 127. The van der Waals surface area contributed by atoms with Crippen LogP contribution < -0.4 is 11.1 Å². The third-order valence-corrected chi connectivity index (χ3v) is 5.08. The van der Waals surface area contributed by atoms with Crippen molar-refractivity contribution in [2.24, 2.45) is 22.6 Å². The predicted octanol–water partition coefficient (Wildman–Crippen LogP) is 2.82. The summed E-state index contributed by atoms with van der Waals surface area (Å²) < 4.78 is 0. The lowest BCUT2D eigenvalue weighted by Gasteiger charge is -2.25. The molecule has 1 heterocycles. The van der Waals surface area contributed by atoms with E-state index in [1.54, 1.807) is 0 Å². The highest BCUT2D eigenvalue weighted by molar-refractivity contribution is 14.0. The lowest BCUT2D eigenvalue weighted by Crippen LogP contribution is -2.43. The maximum absolute atomic E-state index is 6.00. The molecule has 2 fully saturated rings. The van der Waals surface area contributed by atoms with Crippen molar-refractivity contribution in [3.05, 3.63) is 0 Å². The van der Waals surface area contributed by atoms with Crippen molar-refractivity contribution in [1.82, 2.24) is 10.2 Å². The Morgan fingerprint density at radius 3 is 2.62 bits per heavy atom. The number of halogens is 1. The summed E-state index contributed by atoms with van der Waals surface area (Å²) in [6.07, 6.45) is 7.97. The summed E-state index contributed by atoms with van der Waals surface area (Å²) in [5.74, 6) is 2.31. The molecule has 0 aromatic rings. The zero-order chi connectivity index (χ0) is 14.4. The van der Waals surface area contributed by atoms with E-state index in [9.17, 15) is 0 Å². The molecule has 0 aromatic carbocycles. The Morgan fingerprint density at radius 2 is 1.95 bits per heavy atom. The van der Waals surface area contributed by atoms with E-state index in [0.717, 1.165) is 31.5 Å². The SMILES string of the molecule is CCN1CCCC1CNC(N)=NCC1CCC(C)CC1.I. The first-order valence-electron chi connectivity index (χ1n) is 8.46. The number of hydrogen-bond donors (Lipinski definition) is 2. The predicted molar refractivity (Wildman–Crippen MR) is 101 cm³/mol. The van der Waals surface area contributed by atoms with Gasteiger partial charge in [-0.1, -0.05) is 26.7 Å². The minimum absolute atomic E-state index is 0. The maximum atomic E-state index is 6.00. The van der Waals surface area contributed by atoms with E-state index in [2.05, 4.69) is 29.1 Å². The number of hydrogen-bond acceptors (Lipinski definition) is 2. The second-order valence-corrected chi connectivity index (χ2v) is 6.66. The van der Waals surface area contributed by atoms with Gasteiger partial charge >= 0.3 is 0 Å². The third-order valence-electron chi connectivity index (χ3n) is 5.08. The molecule has 0 spiro atoms. The molecule has 1 atom stereocenters. The molecule has 1 saturated heterocycles. The number of nitrogens with zero attached hydrogens (tertiary/aromatic N) is 2. The second-order valence-electron chi connectivity index (χ2n) is 6.66. The second kappa shape index (κ2) is 9.87. The molecule has 2 rings (SSSR count). The van der Waals surface area contributed by atoms with Crippen molar-refractivity contribution in [3.8, 4) is 0 Å². The first kappa shape index (κ1) is 19.0. The zero-order valence-electron chi connectivity index (χ0n) is 13.7. The summed E-state index contributed by atoms with van der Waals surface area (Å²) in [6, 6.07) is 0.643. The lowest BCUT2D eigenvalue weighted by molar-refractivity contribution is 0.267. The maximum Gasteiger partial charge on any atom is 0.188 e. The third kappa shape index (κ3) is 6.30. The normalized spacial score (nSPS) is 31.0. The fourth-order valence-electron chi connectivity index (χ4n) is 3.56. The van der Waals surface area contributed by atoms with Crippen molar-refractivity contribution in [3.63, 3.8) is 0 Å². The van der Waals surface area contributed by atoms with Crippen LogP contribution in [0.2, 0.25) is 0 Å². The standard InChI is InChI=1S/C16H32N4.HI/c1-3-20-10-4-5-15(20)12-19-16(17)18-11-14-8-6-13(2)7-9-14;/h13-15H,3-12H2,1-2H3,(H3,17,18,19);1H. The van der Waals surface area contributed by atoms with E-state index in [1.165, 1.54) is 45.1 Å². The molecule has 21 heavy (non-hydrogen) atoms. The van der Waals surface area contributed by atoms with Crippen LogP contribution in [0.1, 0.15) is 52.4 Å². The van der Waals surface area contributed by atoms with Crippen LogP contribution in [-0.2, 0) is 0 Å². The summed E-state index contributed by atoms with van der Waals surface area (Å²) in [5.41, 5.74) is 6.00. The molecule has 1 aliphatic carbocycles. The summed E-state index contributed by atoms with van der Waals surface area (Å²) >= 11 is 0. The van der Waals surface area contributed by atoms with Crippen molar-refractivity contribution in [1.29, 1.82) is 0 Å². The van der Waals surface area contributed by atoms with Gasteiger partial charge in [-0.15, -0.1) is 24.0 Å². The van der Waals surface area contributed by atoms with Crippen LogP contribution >= 0.6 is 24.0 Å². The molecule has 0 bridgehead atoms. The highest BCUT2D eigenvalue weighted by Gasteiger charge is 2.22. The van der Waals surface area contributed by atoms with E-state index in [4.69, 9.17) is 5.73 Å². The molecule has 1 aliphatic heterocycles. The van der Waals surface area contributed by atoms with E-state index >= 15 is 0 Å². The van der Waals surface area contributed by atoms with Crippen LogP contribution in [0.3, 0.4) is 0 Å². The first-order valence-corrected chi connectivity index (χ1v) is 8.46. The highest BCUT2D eigenvalue weighted by Crippen LogP contribution is 2.28. The number of likely N-dealkylation sites (tertiary alicyclic amines) is 1.